The van der Waals surface area contributed by atoms with Gasteiger partial charge in [0.25, 0.3) is 0 Å². The highest BCUT2D eigenvalue weighted by Crippen LogP contribution is 2.21. The molecule has 31 heavy (non-hydrogen) atoms. The van der Waals surface area contributed by atoms with Gasteiger partial charge in [0.1, 0.15) is 5.76 Å². The van der Waals surface area contributed by atoms with E-state index in [0.29, 0.717) is 17.4 Å². The van der Waals surface area contributed by atoms with Gasteiger partial charge in [-0.1, -0.05) is 38.1 Å². The van der Waals surface area contributed by atoms with Gasteiger partial charge in [-0.15, -0.1) is 0 Å². The molecule has 1 unspecified atom stereocenters. The van der Waals surface area contributed by atoms with Crippen LogP contribution in [0.4, 0.5) is 5.69 Å². The van der Waals surface area contributed by atoms with Crippen LogP contribution in [0.3, 0.4) is 0 Å². The molecule has 0 saturated carbocycles. The Bertz CT molecular complexity index is 1090. The predicted molar refractivity (Wildman–Crippen MR) is 121 cm³/mol. The van der Waals surface area contributed by atoms with E-state index >= 15 is 0 Å². The van der Waals surface area contributed by atoms with Crippen molar-refractivity contribution in [3.8, 4) is 0 Å². The number of amides is 1. The van der Waals surface area contributed by atoms with Crippen molar-refractivity contribution < 1.29 is 17.6 Å². The number of hydrogen-bond donors (Lipinski definition) is 2. The first-order chi connectivity index (χ1) is 14.7. The standard InChI is InChI=1S/C24H28N2O4S/c1-17(2)15-19-6-8-20(9-7-19)18(3)24(27)26-21-10-12-23(13-11-21)31(28,29)25-16-22-5-4-14-30-22/h4-14,17-18,25H,15-16H2,1-3H3,(H,26,27). The molecule has 0 spiro atoms. The van der Waals surface area contributed by atoms with Gasteiger partial charge in [0, 0.05) is 5.69 Å². The van der Waals surface area contributed by atoms with E-state index in [9.17, 15) is 13.2 Å². The molecule has 1 aromatic heterocycles. The molecule has 6 nitrogen and oxygen atoms in total. The minimum absolute atomic E-state index is 0.0707. The van der Waals surface area contributed by atoms with Crippen molar-refractivity contribution in [3.05, 3.63) is 83.8 Å². The summed E-state index contributed by atoms with van der Waals surface area (Å²) in [6.45, 7) is 6.27. The summed E-state index contributed by atoms with van der Waals surface area (Å²) in [6, 6.07) is 17.6. The maximum atomic E-state index is 12.6. The third-order valence-corrected chi connectivity index (χ3v) is 6.38. The van der Waals surface area contributed by atoms with Crippen molar-refractivity contribution in [2.45, 2.75) is 44.6 Å². The average Bonchev–Trinajstić information content (AvgIpc) is 3.26. The highest BCUT2D eigenvalue weighted by atomic mass is 32.2. The van der Waals surface area contributed by atoms with Crippen LogP contribution in [0.5, 0.6) is 0 Å². The quantitative estimate of drug-likeness (QED) is 0.505. The van der Waals surface area contributed by atoms with E-state index in [1.54, 1.807) is 24.3 Å². The van der Waals surface area contributed by atoms with Gasteiger partial charge in [-0.2, -0.15) is 0 Å². The van der Waals surface area contributed by atoms with Crippen molar-refractivity contribution in [3.63, 3.8) is 0 Å². The Morgan fingerprint density at radius 3 is 2.23 bits per heavy atom. The molecule has 7 heteroatoms. The summed E-state index contributed by atoms with van der Waals surface area (Å²) in [5.74, 6) is 0.631. The smallest absolute Gasteiger partial charge is 0.240 e. The zero-order valence-corrected chi connectivity index (χ0v) is 18.8. The number of benzene rings is 2. The second-order valence-electron chi connectivity index (χ2n) is 7.98. The number of carbonyl (C=O) groups excluding carboxylic acids is 1. The van der Waals surface area contributed by atoms with E-state index in [0.717, 1.165) is 12.0 Å². The van der Waals surface area contributed by atoms with Crippen LogP contribution in [-0.4, -0.2) is 14.3 Å². The normalized spacial score (nSPS) is 12.6. The molecular weight excluding hydrogens is 412 g/mol. The first kappa shape index (κ1) is 22.8. The van der Waals surface area contributed by atoms with Crippen molar-refractivity contribution in [1.82, 2.24) is 4.72 Å². The highest BCUT2D eigenvalue weighted by Gasteiger charge is 2.17. The predicted octanol–water partition coefficient (Wildman–Crippen LogP) is 4.70. The number of nitrogens with one attached hydrogen (secondary N) is 2. The lowest BCUT2D eigenvalue weighted by Crippen LogP contribution is -2.23. The summed E-state index contributed by atoms with van der Waals surface area (Å²) >= 11 is 0. The molecular formula is C24H28N2O4S. The fourth-order valence-electron chi connectivity index (χ4n) is 3.20. The minimum Gasteiger partial charge on any atom is -0.468 e. The minimum atomic E-state index is -3.68. The Morgan fingerprint density at radius 2 is 1.65 bits per heavy atom. The average molecular weight is 441 g/mol. The zero-order valence-electron chi connectivity index (χ0n) is 18.0. The van der Waals surface area contributed by atoms with Gasteiger partial charge < -0.3 is 9.73 Å². The van der Waals surface area contributed by atoms with E-state index in [2.05, 4.69) is 36.0 Å². The van der Waals surface area contributed by atoms with Gasteiger partial charge >= 0.3 is 0 Å². The lowest BCUT2D eigenvalue weighted by Gasteiger charge is -2.14. The molecule has 1 heterocycles. The van der Waals surface area contributed by atoms with E-state index < -0.39 is 10.0 Å². The number of sulfonamides is 1. The van der Waals surface area contributed by atoms with Crippen molar-refractivity contribution in [2.75, 3.05) is 5.32 Å². The molecule has 1 atom stereocenters. The molecule has 0 fully saturated rings. The van der Waals surface area contributed by atoms with Crippen LogP contribution in [0.1, 0.15) is 43.6 Å². The second-order valence-corrected chi connectivity index (χ2v) is 9.75. The van der Waals surface area contributed by atoms with E-state index in [4.69, 9.17) is 4.42 Å². The summed E-state index contributed by atoms with van der Waals surface area (Å²) in [5, 5.41) is 2.85. The number of carbonyl (C=O) groups is 1. The number of hydrogen-bond acceptors (Lipinski definition) is 4. The van der Waals surface area contributed by atoms with Crippen LogP contribution in [0.2, 0.25) is 0 Å². The SMILES string of the molecule is CC(C)Cc1ccc(C(C)C(=O)Nc2ccc(S(=O)(=O)NCc3ccco3)cc2)cc1. The maximum Gasteiger partial charge on any atom is 0.240 e. The first-order valence-corrected chi connectivity index (χ1v) is 11.7. The van der Waals surface area contributed by atoms with Crippen LogP contribution < -0.4 is 10.0 Å². The number of furan rings is 1. The Hall–Kier alpha value is -2.90. The zero-order chi connectivity index (χ0) is 22.4. The highest BCUT2D eigenvalue weighted by molar-refractivity contribution is 7.89. The van der Waals surface area contributed by atoms with Gasteiger partial charge in [0.05, 0.1) is 23.6 Å². The lowest BCUT2D eigenvalue weighted by atomic mass is 9.96. The van der Waals surface area contributed by atoms with E-state index in [1.807, 2.05) is 19.1 Å². The summed E-state index contributed by atoms with van der Waals surface area (Å²) in [6.07, 6.45) is 2.49. The van der Waals surface area contributed by atoms with Gasteiger partial charge in [0.2, 0.25) is 15.9 Å². The maximum absolute atomic E-state index is 12.6. The van der Waals surface area contributed by atoms with Crippen molar-refractivity contribution in [2.24, 2.45) is 5.92 Å². The molecule has 1 amide bonds. The van der Waals surface area contributed by atoms with Crippen molar-refractivity contribution >= 4 is 21.6 Å². The molecule has 2 aromatic carbocycles. The van der Waals surface area contributed by atoms with E-state index in [-0.39, 0.29) is 23.3 Å². The molecule has 0 saturated heterocycles. The fourth-order valence-corrected chi connectivity index (χ4v) is 4.19. The third kappa shape index (κ3) is 6.29. The largest absolute Gasteiger partial charge is 0.468 e. The van der Waals surface area contributed by atoms with Gasteiger partial charge in [-0.3, -0.25) is 4.79 Å². The number of anilines is 1. The molecule has 0 aliphatic heterocycles. The lowest BCUT2D eigenvalue weighted by molar-refractivity contribution is -0.117. The molecule has 3 rings (SSSR count). The van der Waals surface area contributed by atoms with Gasteiger partial charge in [0.15, 0.2) is 0 Å². The molecule has 0 aliphatic carbocycles. The van der Waals surface area contributed by atoms with Crippen molar-refractivity contribution in [1.29, 1.82) is 0 Å². The molecule has 164 valence electrons. The Labute approximate surface area is 183 Å². The van der Waals surface area contributed by atoms with Gasteiger partial charge in [-0.05, 0) is 66.8 Å². The molecule has 0 bridgehead atoms. The molecule has 0 radical (unpaired) electrons. The Balaban J connectivity index is 1.60. The summed E-state index contributed by atoms with van der Waals surface area (Å²) in [4.78, 5) is 12.8. The summed E-state index contributed by atoms with van der Waals surface area (Å²) in [5.41, 5.74) is 2.73. The topological polar surface area (TPSA) is 88.4 Å². The van der Waals surface area contributed by atoms with Crippen LogP contribution in [0.15, 0.2) is 76.2 Å². The van der Waals surface area contributed by atoms with Crippen LogP contribution in [0, 0.1) is 5.92 Å². The molecule has 2 N–H and O–H groups in total. The first-order valence-electron chi connectivity index (χ1n) is 10.3. The monoisotopic (exact) mass is 440 g/mol. The summed E-state index contributed by atoms with van der Waals surface area (Å²) < 4.78 is 32.4. The summed E-state index contributed by atoms with van der Waals surface area (Å²) in [7, 11) is -3.68. The Kier molecular flexibility index (Phi) is 7.30. The second kappa shape index (κ2) is 9.94. The fraction of sp³-hybridized carbons (Fsp3) is 0.292. The molecule has 3 aromatic rings. The van der Waals surface area contributed by atoms with Crippen LogP contribution >= 0.6 is 0 Å². The third-order valence-electron chi connectivity index (χ3n) is 4.97. The van der Waals surface area contributed by atoms with E-state index in [1.165, 1.54) is 24.0 Å². The molecule has 0 aliphatic rings. The van der Waals surface area contributed by atoms with Crippen LogP contribution in [0.25, 0.3) is 0 Å². The van der Waals surface area contributed by atoms with Gasteiger partial charge in [-0.25, -0.2) is 13.1 Å². The number of rotatable bonds is 9. The van der Waals surface area contributed by atoms with Crippen LogP contribution in [-0.2, 0) is 27.8 Å². The Morgan fingerprint density at radius 1 is 0.968 bits per heavy atom.